The first kappa shape index (κ1) is 13.7. The van der Waals surface area contributed by atoms with Crippen LogP contribution in [-0.2, 0) is 16.7 Å². The fraction of sp³-hybridized carbons (Fsp3) is 0.364. The molecule has 0 atom stereocenters. The second-order valence-electron chi connectivity index (χ2n) is 4.02. The fourth-order valence-corrected chi connectivity index (χ4v) is 3.54. The number of fused-ring (bicyclic) bond motifs is 1. The van der Waals surface area contributed by atoms with Gasteiger partial charge < -0.3 is 0 Å². The van der Waals surface area contributed by atoms with E-state index in [0.29, 0.717) is 18.0 Å². The monoisotopic (exact) mass is 306 g/mol. The minimum Gasteiger partial charge on any atom is -0.286 e. The molecule has 0 aliphatic carbocycles. The van der Waals surface area contributed by atoms with E-state index in [4.69, 9.17) is 16.2 Å². The van der Waals surface area contributed by atoms with Crippen LogP contribution in [0, 0.1) is 6.92 Å². The minimum atomic E-state index is -3.89. The predicted molar refractivity (Wildman–Crippen MR) is 75.0 cm³/mol. The van der Waals surface area contributed by atoms with Crippen LogP contribution >= 0.6 is 22.9 Å². The summed E-state index contributed by atoms with van der Waals surface area (Å²) in [6.45, 7) is 2.53. The van der Waals surface area contributed by atoms with Crippen molar-refractivity contribution >= 4 is 43.3 Å². The second-order valence-corrected chi connectivity index (χ2v) is 7.27. The summed E-state index contributed by atoms with van der Waals surface area (Å²) in [5.74, 6) is -0.225. The molecule has 1 aromatic carbocycles. The number of aromatic nitrogens is 1. The van der Waals surface area contributed by atoms with Crippen LogP contribution < -0.4 is 0 Å². The molecule has 1 heterocycles. The van der Waals surface area contributed by atoms with Gasteiger partial charge in [0, 0.05) is 24.3 Å². The lowest BCUT2D eigenvalue weighted by Gasteiger charge is -2.00. The van der Waals surface area contributed by atoms with Gasteiger partial charge in [0.15, 0.2) is 9.71 Å². The van der Waals surface area contributed by atoms with Gasteiger partial charge in [-0.25, -0.2) is 4.57 Å². The Labute approximate surface area is 115 Å². The molecule has 0 radical (unpaired) electrons. The molecule has 0 aliphatic rings. The van der Waals surface area contributed by atoms with E-state index in [1.54, 1.807) is 11.3 Å². The summed E-state index contributed by atoms with van der Waals surface area (Å²) in [6.07, 6.45) is 0.378. The van der Waals surface area contributed by atoms with Crippen molar-refractivity contribution in [2.75, 3.05) is 5.75 Å². The van der Waals surface area contributed by atoms with E-state index in [-0.39, 0.29) is 5.75 Å². The van der Waals surface area contributed by atoms with Crippen molar-refractivity contribution in [3.63, 3.8) is 0 Å². The number of nitrogens with zero attached hydrogens (tertiary/aromatic N) is 1. The van der Waals surface area contributed by atoms with E-state index in [1.807, 2.05) is 29.7 Å². The summed E-state index contributed by atoms with van der Waals surface area (Å²) in [5.41, 5.74) is 1.00. The van der Waals surface area contributed by atoms with Crippen LogP contribution in [0.25, 0.3) is 10.2 Å². The van der Waals surface area contributed by atoms with Gasteiger partial charge in [0.05, 0.1) is 23.4 Å². The van der Waals surface area contributed by atoms with E-state index in [1.165, 1.54) is 0 Å². The SMILES string of the molecule is C[c+]1sc2ccc(Cl)cc2n1CCCS(=O)(=O)O. The summed E-state index contributed by atoms with van der Waals surface area (Å²) in [7, 11) is -3.89. The van der Waals surface area contributed by atoms with Crippen LogP contribution in [0.4, 0.5) is 0 Å². The third kappa shape index (κ3) is 3.20. The molecule has 7 heteroatoms. The van der Waals surface area contributed by atoms with Gasteiger partial charge in [-0.05, 0) is 12.5 Å². The van der Waals surface area contributed by atoms with E-state index >= 15 is 0 Å². The van der Waals surface area contributed by atoms with Crippen molar-refractivity contribution in [3.05, 3.63) is 28.2 Å². The summed E-state index contributed by atoms with van der Waals surface area (Å²) in [6, 6.07) is 5.66. The van der Waals surface area contributed by atoms with E-state index < -0.39 is 10.1 Å². The molecular weight excluding hydrogens is 294 g/mol. The van der Waals surface area contributed by atoms with Crippen molar-refractivity contribution in [3.8, 4) is 0 Å². The van der Waals surface area contributed by atoms with Crippen LogP contribution in [0.2, 0.25) is 5.02 Å². The summed E-state index contributed by atoms with van der Waals surface area (Å²) < 4.78 is 33.2. The number of hydrogen-bond donors (Lipinski definition) is 1. The van der Waals surface area contributed by atoms with Crippen LogP contribution in [-0.4, -0.2) is 23.3 Å². The van der Waals surface area contributed by atoms with Gasteiger partial charge in [-0.1, -0.05) is 11.6 Å². The average molecular weight is 307 g/mol. The first-order chi connectivity index (χ1) is 8.37. The Hall–Kier alpha value is -0.690. The van der Waals surface area contributed by atoms with Gasteiger partial charge in [-0.2, -0.15) is 8.42 Å². The van der Waals surface area contributed by atoms with Gasteiger partial charge in [-0.3, -0.25) is 4.55 Å². The molecule has 4 nitrogen and oxygen atoms in total. The Morgan fingerprint density at radius 2 is 2.22 bits per heavy atom. The Morgan fingerprint density at radius 1 is 1.50 bits per heavy atom. The van der Waals surface area contributed by atoms with Crippen molar-refractivity contribution in [1.29, 1.82) is 0 Å². The lowest BCUT2D eigenvalue weighted by Crippen LogP contribution is -2.08. The zero-order chi connectivity index (χ0) is 13.3. The number of hydrogen-bond acceptors (Lipinski definition) is 3. The Balaban J connectivity index is 2.27. The summed E-state index contributed by atoms with van der Waals surface area (Å²) in [4.78, 5) is 0. The summed E-state index contributed by atoms with van der Waals surface area (Å²) >= 11 is 7.60. The zero-order valence-corrected chi connectivity index (χ0v) is 12.1. The average Bonchev–Trinajstić information content (AvgIpc) is 2.54. The highest BCUT2D eigenvalue weighted by molar-refractivity contribution is 7.85. The highest BCUT2D eigenvalue weighted by atomic mass is 35.5. The maximum absolute atomic E-state index is 10.7. The molecule has 2 aromatic rings. The number of rotatable bonds is 4. The van der Waals surface area contributed by atoms with Crippen molar-refractivity contribution in [1.82, 2.24) is 4.57 Å². The molecule has 1 aromatic heterocycles. The second kappa shape index (κ2) is 5.13. The van der Waals surface area contributed by atoms with Gasteiger partial charge >= 0.3 is 0 Å². The molecule has 0 spiro atoms. The smallest absolute Gasteiger partial charge is 0.264 e. The van der Waals surface area contributed by atoms with Crippen molar-refractivity contribution in [2.24, 2.45) is 0 Å². The number of thiazole rings is 1. The molecule has 0 amide bonds. The molecule has 1 N–H and O–H groups in total. The lowest BCUT2D eigenvalue weighted by molar-refractivity contribution is 0.478. The molecule has 0 fully saturated rings. The predicted octanol–water partition coefficient (Wildman–Crippen LogP) is 3.22. The van der Waals surface area contributed by atoms with Crippen LogP contribution in [0.5, 0.6) is 0 Å². The third-order valence-electron chi connectivity index (χ3n) is 2.63. The largest absolute Gasteiger partial charge is 0.286 e. The number of aryl methyl sites for hydroxylation is 2. The maximum Gasteiger partial charge on any atom is 0.264 e. The maximum atomic E-state index is 10.7. The first-order valence-corrected chi connectivity index (χ1v) is 8.21. The lowest BCUT2D eigenvalue weighted by atomic mass is 10.3. The molecule has 0 aliphatic heterocycles. The van der Waals surface area contributed by atoms with Crippen LogP contribution in [0.1, 0.15) is 11.4 Å². The standard InChI is InChI=1S/C11H12ClNO3S2/c1-8-13(5-2-6-18(14,15)16)10-7-9(12)3-4-11(10)17-8/h3-4,7H,2,5-6H2,1H3/p+1. The van der Waals surface area contributed by atoms with Crippen LogP contribution in [0.15, 0.2) is 18.2 Å². The highest BCUT2D eigenvalue weighted by Crippen LogP contribution is 2.28. The topological polar surface area (TPSA) is 59.3 Å². The van der Waals surface area contributed by atoms with Crippen LogP contribution in [0.3, 0.4) is 0 Å². The zero-order valence-electron chi connectivity index (χ0n) is 9.76. The molecule has 0 unspecified atom stereocenters. The summed E-state index contributed by atoms with van der Waals surface area (Å²) in [5, 5.41) is 1.74. The molecule has 0 saturated carbocycles. The molecule has 0 bridgehead atoms. The van der Waals surface area contributed by atoms with E-state index in [2.05, 4.69) is 0 Å². The Kier molecular flexibility index (Phi) is 3.91. The van der Waals surface area contributed by atoms with E-state index in [0.717, 1.165) is 15.2 Å². The minimum absolute atomic E-state index is 0.225. The van der Waals surface area contributed by atoms with Crippen molar-refractivity contribution in [2.45, 2.75) is 19.9 Å². The first-order valence-electron chi connectivity index (χ1n) is 5.40. The van der Waals surface area contributed by atoms with Gasteiger partial charge in [0.2, 0.25) is 5.52 Å². The van der Waals surface area contributed by atoms with Gasteiger partial charge in [0.25, 0.3) is 10.1 Å². The molecule has 2 rings (SSSR count). The number of halogens is 1. The van der Waals surface area contributed by atoms with Gasteiger partial charge in [-0.15, -0.1) is 0 Å². The molecule has 98 valence electrons. The third-order valence-corrected chi connectivity index (χ3v) is 4.75. The van der Waals surface area contributed by atoms with Crippen molar-refractivity contribution < 1.29 is 13.0 Å². The Bertz CT molecular complexity index is 679. The van der Waals surface area contributed by atoms with E-state index in [9.17, 15) is 8.42 Å². The van der Waals surface area contributed by atoms with Gasteiger partial charge in [0.1, 0.15) is 0 Å². The number of benzene rings is 1. The fourth-order valence-electron chi connectivity index (χ4n) is 1.85. The normalized spacial score (nSPS) is 12.2. The quantitative estimate of drug-likeness (QED) is 0.697. The Morgan fingerprint density at radius 3 is 2.89 bits per heavy atom. The molecule has 18 heavy (non-hydrogen) atoms. The molecular formula is C11H13ClNO3S2+. The highest BCUT2D eigenvalue weighted by Gasteiger charge is 2.17. The molecule has 0 saturated heterocycles.